The van der Waals surface area contributed by atoms with Gasteiger partial charge >= 0.3 is 0 Å². The number of ether oxygens (including phenoxy) is 1. The lowest BCUT2D eigenvalue weighted by Gasteiger charge is -2.16. The van der Waals surface area contributed by atoms with Gasteiger partial charge in [0, 0.05) is 22.0 Å². The number of nitrogens with two attached hydrogens (primary N) is 1. The van der Waals surface area contributed by atoms with E-state index < -0.39 is 0 Å². The number of alkyl halides is 1. The van der Waals surface area contributed by atoms with Crippen LogP contribution in [-0.2, 0) is 6.54 Å². The topological polar surface area (TPSA) is 38.5 Å². The SMILES string of the molecule is CN(C)Cc1cc(OCCCCCF)ccc1Sc1ccccc1N. The molecule has 0 saturated heterocycles. The molecule has 0 aliphatic heterocycles. The first-order valence-corrected chi connectivity index (χ1v) is 9.40. The van der Waals surface area contributed by atoms with Gasteiger partial charge in [-0.15, -0.1) is 0 Å². The van der Waals surface area contributed by atoms with Crippen LogP contribution < -0.4 is 10.5 Å². The molecule has 0 fully saturated rings. The highest BCUT2D eigenvalue weighted by molar-refractivity contribution is 7.99. The van der Waals surface area contributed by atoms with Gasteiger partial charge in [-0.3, -0.25) is 4.39 Å². The van der Waals surface area contributed by atoms with Crippen LogP contribution in [0.25, 0.3) is 0 Å². The molecule has 0 aliphatic rings. The van der Waals surface area contributed by atoms with Crippen LogP contribution in [0.4, 0.5) is 10.1 Å². The Hall–Kier alpha value is -1.72. The second-order valence-electron chi connectivity index (χ2n) is 6.25. The van der Waals surface area contributed by atoms with Crippen molar-refractivity contribution in [3.05, 3.63) is 48.0 Å². The number of nitrogens with zero attached hydrogens (tertiary/aromatic N) is 1. The highest BCUT2D eigenvalue weighted by Gasteiger charge is 2.09. The number of anilines is 1. The first-order valence-electron chi connectivity index (χ1n) is 8.59. The van der Waals surface area contributed by atoms with E-state index in [0.717, 1.165) is 35.7 Å². The Balaban J connectivity index is 2.09. The van der Waals surface area contributed by atoms with E-state index in [9.17, 15) is 4.39 Å². The molecular weight excluding hydrogens is 335 g/mol. The number of rotatable bonds is 10. The summed E-state index contributed by atoms with van der Waals surface area (Å²) in [7, 11) is 4.10. The maximum atomic E-state index is 12.1. The molecule has 0 atom stereocenters. The van der Waals surface area contributed by atoms with Gasteiger partial charge in [0.2, 0.25) is 0 Å². The van der Waals surface area contributed by atoms with Crippen LogP contribution in [-0.4, -0.2) is 32.3 Å². The monoisotopic (exact) mass is 362 g/mol. The molecular formula is C20H27FN2OS. The van der Waals surface area contributed by atoms with Crippen LogP contribution in [0.2, 0.25) is 0 Å². The highest BCUT2D eigenvalue weighted by atomic mass is 32.2. The maximum Gasteiger partial charge on any atom is 0.119 e. The van der Waals surface area contributed by atoms with Crippen LogP contribution in [0.1, 0.15) is 24.8 Å². The fourth-order valence-electron chi connectivity index (χ4n) is 2.46. The first kappa shape index (κ1) is 19.6. The second-order valence-corrected chi connectivity index (χ2v) is 7.33. The summed E-state index contributed by atoms with van der Waals surface area (Å²) >= 11 is 1.68. The van der Waals surface area contributed by atoms with E-state index in [4.69, 9.17) is 10.5 Å². The molecule has 0 amide bonds. The molecule has 5 heteroatoms. The van der Waals surface area contributed by atoms with Gasteiger partial charge in [0.15, 0.2) is 0 Å². The van der Waals surface area contributed by atoms with Crippen molar-refractivity contribution in [2.45, 2.75) is 35.6 Å². The Bertz CT molecular complexity index is 664. The zero-order valence-electron chi connectivity index (χ0n) is 15.0. The maximum absolute atomic E-state index is 12.1. The minimum atomic E-state index is -0.248. The molecule has 136 valence electrons. The van der Waals surface area contributed by atoms with Crippen LogP contribution in [0, 0.1) is 0 Å². The van der Waals surface area contributed by atoms with Crippen molar-refractivity contribution in [2.24, 2.45) is 0 Å². The number of hydrogen-bond donors (Lipinski definition) is 1. The molecule has 2 rings (SSSR count). The first-order chi connectivity index (χ1) is 12.1. The zero-order chi connectivity index (χ0) is 18.1. The van der Waals surface area contributed by atoms with Crippen molar-refractivity contribution in [1.29, 1.82) is 0 Å². The quantitative estimate of drug-likeness (QED) is 0.477. The fourth-order valence-corrected chi connectivity index (χ4v) is 3.42. The molecule has 0 saturated carbocycles. The number of para-hydroxylation sites is 1. The van der Waals surface area contributed by atoms with Gasteiger partial charge < -0.3 is 15.4 Å². The van der Waals surface area contributed by atoms with E-state index in [1.807, 2.05) is 30.3 Å². The minimum absolute atomic E-state index is 0.248. The number of hydrogen-bond acceptors (Lipinski definition) is 4. The summed E-state index contributed by atoms with van der Waals surface area (Å²) in [4.78, 5) is 4.37. The Morgan fingerprint density at radius 2 is 1.84 bits per heavy atom. The summed E-state index contributed by atoms with van der Waals surface area (Å²) in [5.41, 5.74) is 8.07. The largest absolute Gasteiger partial charge is 0.494 e. The molecule has 0 heterocycles. The summed E-state index contributed by atoms with van der Waals surface area (Å²) in [6.07, 6.45) is 2.36. The lowest BCUT2D eigenvalue weighted by molar-refractivity contribution is 0.300. The summed E-state index contributed by atoms with van der Waals surface area (Å²) in [6.45, 7) is 1.20. The smallest absolute Gasteiger partial charge is 0.119 e. The van der Waals surface area contributed by atoms with Crippen molar-refractivity contribution in [3.63, 3.8) is 0 Å². The van der Waals surface area contributed by atoms with Crippen molar-refractivity contribution in [2.75, 3.05) is 33.1 Å². The van der Waals surface area contributed by atoms with Crippen LogP contribution in [0.15, 0.2) is 52.3 Å². The highest BCUT2D eigenvalue weighted by Crippen LogP contribution is 2.35. The second kappa shape index (κ2) is 10.3. The number of halogens is 1. The van der Waals surface area contributed by atoms with E-state index in [2.05, 4.69) is 31.1 Å². The normalized spacial score (nSPS) is 11.0. The van der Waals surface area contributed by atoms with Crippen molar-refractivity contribution in [1.82, 2.24) is 4.90 Å². The summed E-state index contributed by atoms with van der Waals surface area (Å²) in [5, 5.41) is 0. The average Bonchev–Trinajstić information content (AvgIpc) is 2.58. The lowest BCUT2D eigenvalue weighted by Crippen LogP contribution is -2.11. The molecule has 0 bridgehead atoms. The van der Waals surface area contributed by atoms with Gasteiger partial charge in [0.05, 0.1) is 13.3 Å². The van der Waals surface area contributed by atoms with Gasteiger partial charge in [0.25, 0.3) is 0 Å². The molecule has 2 aromatic carbocycles. The van der Waals surface area contributed by atoms with Gasteiger partial charge in [-0.05, 0) is 69.3 Å². The summed E-state index contributed by atoms with van der Waals surface area (Å²) in [6, 6.07) is 14.1. The summed E-state index contributed by atoms with van der Waals surface area (Å²) < 4.78 is 17.9. The van der Waals surface area contributed by atoms with E-state index in [1.54, 1.807) is 11.8 Å². The molecule has 25 heavy (non-hydrogen) atoms. The number of benzene rings is 2. The molecule has 0 unspecified atom stereocenters. The van der Waals surface area contributed by atoms with E-state index in [1.165, 1.54) is 10.5 Å². The van der Waals surface area contributed by atoms with Crippen LogP contribution in [0.3, 0.4) is 0 Å². The third-order valence-electron chi connectivity index (χ3n) is 3.70. The van der Waals surface area contributed by atoms with Crippen molar-refractivity contribution in [3.8, 4) is 5.75 Å². The van der Waals surface area contributed by atoms with E-state index in [0.29, 0.717) is 13.0 Å². The standard InChI is InChI=1S/C20H27FN2OS/c1-23(2)15-16-14-17(24-13-7-3-6-12-21)10-11-19(16)25-20-9-5-4-8-18(20)22/h4-5,8-11,14H,3,6-7,12-13,15,22H2,1-2H3. The lowest BCUT2D eigenvalue weighted by atomic mass is 10.2. The van der Waals surface area contributed by atoms with Gasteiger partial charge in [-0.2, -0.15) is 0 Å². The van der Waals surface area contributed by atoms with E-state index in [-0.39, 0.29) is 6.67 Å². The third kappa shape index (κ3) is 6.59. The molecule has 2 aromatic rings. The molecule has 3 nitrogen and oxygen atoms in total. The molecule has 0 aromatic heterocycles. The Morgan fingerprint density at radius 3 is 2.56 bits per heavy atom. The Labute approximate surface area is 154 Å². The zero-order valence-corrected chi connectivity index (χ0v) is 15.8. The van der Waals surface area contributed by atoms with Gasteiger partial charge in [-0.1, -0.05) is 23.9 Å². The number of unbranched alkanes of at least 4 members (excludes halogenated alkanes) is 2. The fraction of sp³-hybridized carbons (Fsp3) is 0.400. The van der Waals surface area contributed by atoms with E-state index >= 15 is 0 Å². The minimum Gasteiger partial charge on any atom is -0.494 e. The van der Waals surface area contributed by atoms with Crippen LogP contribution in [0.5, 0.6) is 5.75 Å². The Kier molecular flexibility index (Phi) is 8.09. The molecule has 0 aliphatic carbocycles. The average molecular weight is 363 g/mol. The molecule has 0 spiro atoms. The van der Waals surface area contributed by atoms with Crippen molar-refractivity contribution < 1.29 is 9.13 Å². The Morgan fingerprint density at radius 1 is 1.04 bits per heavy atom. The van der Waals surface area contributed by atoms with Crippen molar-refractivity contribution >= 4 is 17.4 Å². The van der Waals surface area contributed by atoms with Gasteiger partial charge in [-0.25, -0.2) is 0 Å². The third-order valence-corrected chi connectivity index (χ3v) is 4.91. The molecule has 2 N–H and O–H groups in total. The summed E-state index contributed by atoms with van der Waals surface area (Å²) in [5.74, 6) is 0.863. The predicted molar refractivity (Wildman–Crippen MR) is 104 cm³/mol. The number of nitrogen functional groups attached to an aromatic ring is 1. The predicted octanol–water partition coefficient (Wildman–Crippen LogP) is 5.00. The molecule has 0 radical (unpaired) electrons. The van der Waals surface area contributed by atoms with Crippen LogP contribution >= 0.6 is 11.8 Å². The van der Waals surface area contributed by atoms with Gasteiger partial charge in [0.1, 0.15) is 5.75 Å².